The van der Waals surface area contributed by atoms with E-state index in [-0.39, 0.29) is 24.9 Å². The third-order valence-corrected chi connectivity index (χ3v) is 7.44. The molecule has 4 rings (SSSR count). The summed E-state index contributed by atoms with van der Waals surface area (Å²) in [4.78, 5) is 12.6. The molecule has 0 saturated carbocycles. The summed E-state index contributed by atoms with van der Waals surface area (Å²) in [6, 6.07) is 2.93. The maximum absolute atomic E-state index is 13.3. The van der Waals surface area contributed by atoms with Crippen LogP contribution in [0.25, 0.3) is 11.4 Å². The van der Waals surface area contributed by atoms with Gasteiger partial charge in [-0.15, -0.1) is 10.2 Å². The van der Waals surface area contributed by atoms with Gasteiger partial charge in [0, 0.05) is 25.7 Å². The number of aryl methyl sites for hydroxylation is 1. The minimum Gasteiger partial charge on any atom is -0.475 e. The van der Waals surface area contributed by atoms with Crippen LogP contribution in [0.15, 0.2) is 30.7 Å². The van der Waals surface area contributed by atoms with Crippen LogP contribution in [0.1, 0.15) is 36.3 Å². The van der Waals surface area contributed by atoms with Gasteiger partial charge >= 0.3 is 0 Å². The lowest BCUT2D eigenvalue weighted by Gasteiger charge is -2.22. The van der Waals surface area contributed by atoms with Crippen molar-refractivity contribution in [3.05, 3.63) is 47.9 Å². The van der Waals surface area contributed by atoms with Gasteiger partial charge in [0.15, 0.2) is 21.5 Å². The van der Waals surface area contributed by atoms with Crippen molar-refractivity contribution in [3.63, 3.8) is 0 Å². The zero-order valence-electron chi connectivity index (χ0n) is 17.9. The summed E-state index contributed by atoms with van der Waals surface area (Å²) in [6.07, 6.45) is 3.96. The number of aromatic nitrogens is 6. The molecule has 3 aromatic heterocycles. The van der Waals surface area contributed by atoms with E-state index >= 15 is 0 Å². The van der Waals surface area contributed by atoms with Crippen molar-refractivity contribution in [1.82, 2.24) is 29.7 Å². The number of ether oxygens (including phenoxy) is 2. The minimum atomic E-state index is -3.77. The molecule has 32 heavy (non-hydrogen) atoms. The first-order valence-corrected chi connectivity index (χ1v) is 11.7. The van der Waals surface area contributed by atoms with Crippen LogP contribution in [-0.2, 0) is 20.3 Å². The largest absolute Gasteiger partial charge is 0.475 e. The lowest BCUT2D eigenvalue weighted by Crippen LogP contribution is -2.31. The van der Waals surface area contributed by atoms with Gasteiger partial charge in [-0.25, -0.2) is 23.4 Å². The van der Waals surface area contributed by atoms with Crippen LogP contribution >= 0.6 is 0 Å². The van der Waals surface area contributed by atoms with Crippen LogP contribution in [0.5, 0.6) is 5.88 Å². The Morgan fingerprint density at radius 2 is 2.03 bits per heavy atom. The van der Waals surface area contributed by atoms with Gasteiger partial charge in [0.2, 0.25) is 5.88 Å². The van der Waals surface area contributed by atoms with E-state index in [0.29, 0.717) is 17.3 Å². The number of hydrogen-bond donors (Lipinski definition) is 1. The van der Waals surface area contributed by atoms with Crippen LogP contribution in [0.4, 0.5) is 0 Å². The van der Waals surface area contributed by atoms with Crippen LogP contribution in [0.2, 0.25) is 0 Å². The number of pyridine rings is 1. The average molecular weight is 461 g/mol. The van der Waals surface area contributed by atoms with Gasteiger partial charge in [-0.2, -0.15) is 0 Å². The summed E-state index contributed by atoms with van der Waals surface area (Å²) in [5, 5.41) is 17.3. The number of aliphatic hydroxyl groups excluding tert-OH is 1. The molecule has 11 nitrogen and oxygen atoms in total. The number of fused-ring (bicyclic) bond motifs is 3. The summed E-state index contributed by atoms with van der Waals surface area (Å²) in [7, 11) is -2.35. The van der Waals surface area contributed by atoms with Gasteiger partial charge in [-0.3, -0.25) is 0 Å². The second-order valence-corrected chi connectivity index (χ2v) is 9.96. The number of nitrogens with zero attached hydrogens (tertiary/aromatic N) is 6. The van der Waals surface area contributed by atoms with E-state index in [1.807, 2.05) is 6.92 Å². The van der Waals surface area contributed by atoms with Crippen LogP contribution < -0.4 is 4.74 Å². The molecule has 0 saturated heterocycles. The zero-order chi connectivity index (χ0) is 22.9. The van der Waals surface area contributed by atoms with Gasteiger partial charge < -0.3 is 19.1 Å². The number of rotatable bonds is 7. The smallest absolute Gasteiger partial charge is 0.224 e. The second kappa shape index (κ2) is 8.88. The van der Waals surface area contributed by atoms with Crippen molar-refractivity contribution in [1.29, 1.82) is 0 Å². The molecule has 12 heteroatoms. The van der Waals surface area contributed by atoms with Crippen LogP contribution in [0, 0.1) is 6.92 Å². The van der Waals surface area contributed by atoms with Gasteiger partial charge in [0.1, 0.15) is 24.3 Å². The van der Waals surface area contributed by atoms with E-state index in [0.717, 1.165) is 5.56 Å². The molecule has 0 aromatic carbocycles. The Hall–Kier alpha value is -2.96. The van der Waals surface area contributed by atoms with Crippen LogP contribution in [-0.4, -0.2) is 68.8 Å². The topological polar surface area (TPSA) is 142 Å². The fraction of sp³-hybridized carbons (Fsp3) is 0.450. The molecule has 1 N–H and O–H groups in total. The van der Waals surface area contributed by atoms with Crippen LogP contribution in [0.3, 0.4) is 0 Å². The molecule has 0 aliphatic carbocycles. The van der Waals surface area contributed by atoms with E-state index in [1.54, 1.807) is 42.2 Å². The number of sulfone groups is 1. The Kier molecular flexibility index (Phi) is 6.17. The Morgan fingerprint density at radius 1 is 1.28 bits per heavy atom. The summed E-state index contributed by atoms with van der Waals surface area (Å²) in [5.41, 5.74) is 1.44. The Bertz CT molecular complexity index is 1200. The number of hydrogen-bond acceptors (Lipinski definition) is 10. The molecule has 0 spiro atoms. The monoisotopic (exact) mass is 460 g/mol. The highest BCUT2D eigenvalue weighted by molar-refractivity contribution is 7.91. The third-order valence-electron chi connectivity index (χ3n) is 5.40. The highest BCUT2D eigenvalue weighted by Crippen LogP contribution is 2.34. The molecule has 3 aromatic rings. The van der Waals surface area contributed by atoms with Gasteiger partial charge in [0.25, 0.3) is 0 Å². The molecular weight excluding hydrogens is 436 g/mol. The molecular formula is C20H24N6O5S. The molecule has 1 aliphatic rings. The van der Waals surface area contributed by atoms with Gasteiger partial charge in [-0.05, 0) is 31.5 Å². The van der Waals surface area contributed by atoms with E-state index in [4.69, 9.17) is 9.47 Å². The van der Waals surface area contributed by atoms with E-state index in [9.17, 15) is 13.5 Å². The third kappa shape index (κ3) is 4.08. The lowest BCUT2D eigenvalue weighted by molar-refractivity contribution is 0.0947. The SMILES string of the molecule is CO[C@H](c1ncc(C)cn1)[C@H](C)S(=O)(=O)Cc1nnc2n1[C@H](CO)COc1ncccc1-2. The highest BCUT2D eigenvalue weighted by Gasteiger charge is 2.36. The van der Waals surface area contributed by atoms with Crippen molar-refractivity contribution in [3.8, 4) is 17.3 Å². The summed E-state index contributed by atoms with van der Waals surface area (Å²) in [6.45, 7) is 3.22. The first kappa shape index (κ1) is 22.2. The van der Waals surface area contributed by atoms with Crippen molar-refractivity contribution < 1.29 is 23.0 Å². The average Bonchev–Trinajstić information content (AvgIpc) is 3.10. The standard InChI is InChI=1S/C20H24N6O5S/c1-12-7-22-18(23-8-12)17(30-3)13(2)32(28,29)11-16-24-25-19-15-5-4-6-21-20(15)31-10-14(9-27)26(16)19/h4-8,13-14,17,27H,9-11H2,1-3H3/t13-,14+,17-/m0/s1. The maximum atomic E-state index is 13.3. The molecule has 170 valence electrons. The number of aliphatic hydroxyl groups is 1. The molecule has 0 amide bonds. The molecule has 4 heterocycles. The Labute approximate surface area is 185 Å². The molecule has 0 radical (unpaired) electrons. The van der Waals surface area contributed by atoms with E-state index in [1.165, 1.54) is 7.11 Å². The first-order valence-electron chi connectivity index (χ1n) is 10.0. The maximum Gasteiger partial charge on any atom is 0.224 e. The molecule has 0 bridgehead atoms. The molecule has 0 unspecified atom stereocenters. The van der Waals surface area contributed by atoms with Crippen molar-refractivity contribution in [2.24, 2.45) is 0 Å². The predicted octanol–water partition coefficient (Wildman–Crippen LogP) is 1.06. The highest BCUT2D eigenvalue weighted by atomic mass is 32.2. The van der Waals surface area contributed by atoms with E-state index in [2.05, 4.69) is 25.1 Å². The first-order chi connectivity index (χ1) is 15.4. The quantitative estimate of drug-likeness (QED) is 0.543. The Morgan fingerprint density at radius 3 is 2.72 bits per heavy atom. The number of methoxy groups -OCH3 is 1. The lowest BCUT2D eigenvalue weighted by atomic mass is 10.2. The minimum absolute atomic E-state index is 0.103. The molecule has 1 aliphatic heterocycles. The summed E-state index contributed by atoms with van der Waals surface area (Å²) in [5.74, 6) is 0.837. The second-order valence-electron chi connectivity index (χ2n) is 7.60. The zero-order valence-corrected chi connectivity index (χ0v) is 18.7. The predicted molar refractivity (Wildman–Crippen MR) is 113 cm³/mol. The fourth-order valence-corrected chi connectivity index (χ4v) is 5.03. The normalized spacial score (nSPS) is 17.6. The van der Waals surface area contributed by atoms with Gasteiger partial charge in [0.05, 0.1) is 23.5 Å². The van der Waals surface area contributed by atoms with Crippen molar-refractivity contribution >= 4 is 9.84 Å². The van der Waals surface area contributed by atoms with Crippen molar-refractivity contribution in [2.75, 3.05) is 20.3 Å². The Balaban J connectivity index is 1.68. The summed E-state index contributed by atoms with van der Waals surface area (Å²) < 4.78 is 39.4. The van der Waals surface area contributed by atoms with Gasteiger partial charge in [-0.1, -0.05) is 0 Å². The molecule has 0 fully saturated rings. The fourth-order valence-electron chi connectivity index (χ4n) is 3.61. The summed E-state index contributed by atoms with van der Waals surface area (Å²) >= 11 is 0. The van der Waals surface area contributed by atoms with E-state index < -0.39 is 33.0 Å². The molecule has 3 atom stereocenters. The van der Waals surface area contributed by atoms with Crippen molar-refractivity contribution in [2.45, 2.75) is 37.0 Å².